The molecule has 0 amide bonds. The van der Waals surface area contributed by atoms with Crippen molar-refractivity contribution in [2.45, 2.75) is 5.41 Å². The summed E-state index contributed by atoms with van der Waals surface area (Å²) in [6.45, 7) is 0. The highest BCUT2D eigenvalue weighted by atomic mass is 15.0. The highest BCUT2D eigenvalue weighted by Gasteiger charge is 2.51. The summed E-state index contributed by atoms with van der Waals surface area (Å²) in [6.07, 6.45) is 0. The second-order valence-electron chi connectivity index (χ2n) is 30.2. The van der Waals surface area contributed by atoms with E-state index < -0.39 is 5.41 Å². The molecule has 536 valence electrons. The molecule has 3 heteroatoms. The predicted octanol–water partition coefficient (Wildman–Crippen LogP) is 29.2. The average molecular weight is 1460 g/mol. The van der Waals surface area contributed by atoms with Gasteiger partial charge in [0.2, 0.25) is 0 Å². The van der Waals surface area contributed by atoms with E-state index in [2.05, 4.69) is 443 Å². The van der Waals surface area contributed by atoms with Gasteiger partial charge in [-0.1, -0.05) is 370 Å². The van der Waals surface area contributed by atoms with Crippen LogP contribution >= 0.6 is 0 Å². The minimum Gasteiger partial charge on any atom is -0.208 e. The van der Waals surface area contributed by atoms with Gasteiger partial charge in [-0.05, 0) is 251 Å². The van der Waals surface area contributed by atoms with Crippen LogP contribution in [-0.2, 0) is 5.41 Å². The van der Waals surface area contributed by atoms with E-state index in [1.807, 2.05) is 0 Å². The van der Waals surface area contributed by atoms with Crippen LogP contribution in [0.4, 0.5) is 0 Å². The van der Waals surface area contributed by atoms with Crippen LogP contribution in [0.25, 0.3) is 190 Å². The Kier molecular flexibility index (Phi) is 17.2. The average Bonchev–Trinajstić information content (AvgIpc) is 1.51. The van der Waals surface area contributed by atoms with Gasteiger partial charge in [-0.2, -0.15) is 0 Å². The molecule has 0 atom stereocenters. The van der Waals surface area contributed by atoms with Crippen LogP contribution < -0.4 is 0 Å². The maximum atomic E-state index is 5.37. The van der Waals surface area contributed by atoms with Crippen LogP contribution in [0, 0.1) is 0 Å². The molecule has 0 saturated carbocycles. The molecule has 0 bridgehead atoms. The van der Waals surface area contributed by atoms with Gasteiger partial charge in [-0.15, -0.1) is 0 Å². The number of nitrogens with zero attached hydrogens (tertiary/aromatic N) is 3. The zero-order chi connectivity index (χ0) is 76.2. The molecule has 1 aromatic heterocycles. The quantitative estimate of drug-likeness (QED) is 0.103. The number of rotatable bonds is 15. The Labute approximate surface area is 670 Å². The van der Waals surface area contributed by atoms with Crippen molar-refractivity contribution < 1.29 is 0 Å². The van der Waals surface area contributed by atoms with E-state index in [-0.39, 0.29) is 0 Å². The largest absolute Gasteiger partial charge is 0.208 e. The fraction of sp³-hybridized carbons (Fsp3) is 0.00893. The van der Waals surface area contributed by atoms with Gasteiger partial charge >= 0.3 is 0 Å². The molecule has 1 spiro atoms. The first kappa shape index (κ1) is 68.0. The SMILES string of the molecule is c1ccc(-c2cccc(-c3cccc(-c4ccc(-c5nc(-c6cccc(-c7cccc(-c8cccc(-c9ccccc9)c8)c7)c6)nc(-c6cccc(-c7cccc(-c8cccc(-c9cccc(-c%10cccc(-c%11cccc(-c%12ccc%13c(c%12)C%12(c%14ccccc%14-c%14ccccc%14%12)c%12ccccc%12-%13)c%11)c%10)c9)c8)c7)c6)n5)cc4)c3)c2)cc1. The van der Waals surface area contributed by atoms with Crippen molar-refractivity contribution in [1.29, 1.82) is 0 Å². The van der Waals surface area contributed by atoms with E-state index in [0.717, 1.165) is 94.6 Å². The van der Waals surface area contributed by atoms with Gasteiger partial charge in [-0.3, -0.25) is 0 Å². The Morgan fingerprint density at radius 2 is 0.287 bits per heavy atom. The third-order valence-electron chi connectivity index (χ3n) is 23.3. The summed E-state index contributed by atoms with van der Waals surface area (Å²) >= 11 is 0. The van der Waals surface area contributed by atoms with E-state index >= 15 is 0 Å². The number of hydrogen-bond acceptors (Lipinski definition) is 3. The number of benzene rings is 18. The van der Waals surface area contributed by atoms with Gasteiger partial charge in [0.15, 0.2) is 17.5 Å². The molecule has 115 heavy (non-hydrogen) atoms. The molecule has 2 aliphatic rings. The van der Waals surface area contributed by atoms with Crippen LogP contribution in [0.2, 0.25) is 0 Å². The second kappa shape index (κ2) is 29.0. The Morgan fingerprint density at radius 1 is 0.113 bits per heavy atom. The first-order chi connectivity index (χ1) is 56.9. The molecular formula is C112H73N3. The van der Waals surface area contributed by atoms with Crippen LogP contribution in [0.1, 0.15) is 22.3 Å². The summed E-state index contributed by atoms with van der Waals surface area (Å²) in [4.78, 5) is 16.1. The third kappa shape index (κ3) is 12.7. The van der Waals surface area contributed by atoms with Crippen molar-refractivity contribution in [1.82, 2.24) is 15.0 Å². The molecule has 0 fully saturated rings. The summed E-state index contributed by atoms with van der Waals surface area (Å²) in [6, 6.07) is 161. The lowest BCUT2D eigenvalue weighted by atomic mass is 9.70. The molecule has 18 aromatic carbocycles. The smallest absolute Gasteiger partial charge is 0.164 e. The lowest BCUT2D eigenvalue weighted by Crippen LogP contribution is -2.25. The normalized spacial score (nSPS) is 12.1. The van der Waals surface area contributed by atoms with E-state index in [1.165, 1.54) is 100 Å². The zero-order valence-corrected chi connectivity index (χ0v) is 63.0. The zero-order valence-electron chi connectivity index (χ0n) is 63.0. The number of fused-ring (bicyclic) bond motifs is 10. The van der Waals surface area contributed by atoms with Crippen molar-refractivity contribution in [3.63, 3.8) is 0 Å². The van der Waals surface area contributed by atoms with Crippen molar-refractivity contribution >= 4 is 0 Å². The lowest BCUT2D eigenvalue weighted by Gasteiger charge is -2.30. The van der Waals surface area contributed by atoms with Crippen molar-refractivity contribution in [2.75, 3.05) is 0 Å². The highest BCUT2D eigenvalue weighted by molar-refractivity contribution is 5.97. The lowest BCUT2D eigenvalue weighted by molar-refractivity contribution is 0.794. The first-order valence-electron chi connectivity index (χ1n) is 39.5. The van der Waals surface area contributed by atoms with Crippen LogP contribution in [0.3, 0.4) is 0 Å². The molecule has 1 heterocycles. The maximum Gasteiger partial charge on any atom is 0.164 e. The fourth-order valence-corrected chi connectivity index (χ4v) is 17.7. The molecule has 21 rings (SSSR count). The van der Waals surface area contributed by atoms with E-state index in [4.69, 9.17) is 15.0 Å². The molecule has 0 radical (unpaired) electrons. The minimum atomic E-state index is -0.398. The summed E-state index contributed by atoms with van der Waals surface area (Å²) in [5, 5.41) is 0. The summed E-state index contributed by atoms with van der Waals surface area (Å²) in [5.74, 6) is 1.76. The van der Waals surface area contributed by atoms with E-state index in [0.29, 0.717) is 17.5 Å². The van der Waals surface area contributed by atoms with Crippen LogP contribution in [-0.4, -0.2) is 15.0 Å². The van der Waals surface area contributed by atoms with Crippen molar-refractivity contribution in [3.8, 4) is 190 Å². The van der Waals surface area contributed by atoms with E-state index in [1.54, 1.807) is 0 Å². The molecule has 0 aliphatic heterocycles. The number of hydrogen-bond donors (Lipinski definition) is 0. The summed E-state index contributed by atoms with van der Waals surface area (Å²) in [5.41, 5.74) is 40.5. The molecule has 0 N–H and O–H groups in total. The van der Waals surface area contributed by atoms with Gasteiger partial charge in [0.05, 0.1) is 5.41 Å². The standard InChI is InChI=1S/C112H73N3/c1-3-24-74(25-4-1)78-28-13-31-81(62-78)83-33-15-30-80(64-83)76-56-58-77(59-57-76)109-113-110(99-48-22-46-96(71-99)93-43-19-34-84(68-93)82-32-14-29-79(63-82)75-26-5-2-6-27-75)115-111(114-109)100-49-23-47-97(72-100)94-44-20-41-91(69-94)89-39-17-37-87(66-89)85-35-16-36-86(65-85)88-38-18-40-90(67-88)92-42-21-45-95(70-92)98-60-61-104-103-52-9-12-55-107(103)112(108(104)73-98)105-53-10-7-50-101(105)102-51-8-11-54-106(102)112/h1-73H. The van der Waals surface area contributed by atoms with Crippen molar-refractivity contribution in [2.24, 2.45) is 0 Å². The Balaban J connectivity index is 0.573. The van der Waals surface area contributed by atoms with Crippen LogP contribution in [0.5, 0.6) is 0 Å². The minimum absolute atomic E-state index is 0.398. The van der Waals surface area contributed by atoms with Gasteiger partial charge in [-0.25, -0.2) is 15.0 Å². The fourth-order valence-electron chi connectivity index (χ4n) is 17.7. The molecule has 19 aromatic rings. The van der Waals surface area contributed by atoms with Gasteiger partial charge in [0, 0.05) is 16.7 Å². The third-order valence-corrected chi connectivity index (χ3v) is 23.3. The predicted molar refractivity (Wildman–Crippen MR) is 478 cm³/mol. The summed E-state index contributed by atoms with van der Waals surface area (Å²) in [7, 11) is 0. The Morgan fingerprint density at radius 3 is 0.565 bits per heavy atom. The Bertz CT molecular complexity index is 6910. The molecule has 0 unspecified atom stereocenters. The summed E-state index contributed by atoms with van der Waals surface area (Å²) < 4.78 is 0. The van der Waals surface area contributed by atoms with Crippen molar-refractivity contribution in [3.05, 3.63) is 465 Å². The van der Waals surface area contributed by atoms with Gasteiger partial charge in [0.1, 0.15) is 0 Å². The number of aromatic nitrogens is 3. The highest BCUT2D eigenvalue weighted by Crippen LogP contribution is 2.63. The van der Waals surface area contributed by atoms with Crippen LogP contribution in [0.15, 0.2) is 443 Å². The van der Waals surface area contributed by atoms with Gasteiger partial charge < -0.3 is 0 Å². The molecule has 2 aliphatic carbocycles. The maximum absolute atomic E-state index is 5.37. The second-order valence-corrected chi connectivity index (χ2v) is 30.2. The first-order valence-corrected chi connectivity index (χ1v) is 39.5. The van der Waals surface area contributed by atoms with E-state index in [9.17, 15) is 0 Å². The van der Waals surface area contributed by atoms with Gasteiger partial charge in [0.25, 0.3) is 0 Å². The topological polar surface area (TPSA) is 38.7 Å². The monoisotopic (exact) mass is 1460 g/mol. The molecule has 3 nitrogen and oxygen atoms in total. The molecular weight excluding hydrogens is 1390 g/mol. The Hall–Kier alpha value is -15.0. The molecule has 0 saturated heterocycles.